The van der Waals surface area contributed by atoms with E-state index in [9.17, 15) is 9.59 Å². The minimum Gasteiger partial charge on any atom is -0.446 e. The van der Waals surface area contributed by atoms with Crippen LogP contribution in [-0.2, 0) is 9.47 Å². The molecule has 1 rings (SSSR count). The fourth-order valence-corrected chi connectivity index (χ4v) is 1.81. The number of nitriles is 1. The van der Waals surface area contributed by atoms with Crippen LogP contribution in [0.5, 0.6) is 0 Å². The second kappa shape index (κ2) is 10.9. The molecule has 128 valence electrons. The molecule has 0 radical (unpaired) electrons. The molecular weight excluding hydrogens is 334 g/mol. The maximum absolute atomic E-state index is 12.2. The first-order valence-corrected chi connectivity index (χ1v) is 7.93. The number of benzene rings is 1. The Labute approximate surface area is 143 Å². The molecule has 0 atom stereocenters. The molecule has 1 aromatic rings. The molecule has 0 heterocycles. The van der Waals surface area contributed by atoms with Crippen molar-refractivity contribution in [3.8, 4) is 6.19 Å². The molecule has 0 fully saturated rings. The van der Waals surface area contributed by atoms with E-state index in [0.717, 1.165) is 0 Å². The lowest BCUT2D eigenvalue weighted by Crippen LogP contribution is -2.42. The van der Waals surface area contributed by atoms with Gasteiger partial charge in [-0.3, -0.25) is 15.5 Å². The van der Waals surface area contributed by atoms with Gasteiger partial charge in [-0.1, -0.05) is 23.9 Å². The van der Waals surface area contributed by atoms with E-state index in [1.165, 1.54) is 24.9 Å². The van der Waals surface area contributed by atoms with Gasteiger partial charge in [0.2, 0.25) is 0 Å². The number of methoxy groups -OCH3 is 1. The summed E-state index contributed by atoms with van der Waals surface area (Å²) in [6.45, 7) is 0.318. The Morgan fingerprint density at radius 1 is 1.29 bits per heavy atom. The topological polar surface area (TPSA) is 125 Å². The number of hydrazine groups is 1. The average Bonchev–Trinajstić information content (AvgIpc) is 2.60. The number of amidine groups is 1. The molecule has 0 spiro atoms. The number of carbonyl (C=O) groups excluding carboxylic acids is 2. The number of nitrogens with one attached hydrogen (secondary N) is 3. The summed E-state index contributed by atoms with van der Waals surface area (Å²) < 4.78 is 9.48. The van der Waals surface area contributed by atoms with Crippen LogP contribution in [0.25, 0.3) is 0 Å². The highest BCUT2D eigenvalue weighted by Crippen LogP contribution is 2.19. The van der Waals surface area contributed by atoms with Gasteiger partial charge < -0.3 is 9.47 Å². The van der Waals surface area contributed by atoms with Gasteiger partial charge in [0.25, 0.3) is 5.91 Å². The van der Waals surface area contributed by atoms with Crippen molar-refractivity contribution >= 4 is 34.6 Å². The third-order valence-electron chi connectivity index (χ3n) is 2.53. The van der Waals surface area contributed by atoms with Gasteiger partial charge in [0.15, 0.2) is 11.4 Å². The molecule has 0 saturated heterocycles. The van der Waals surface area contributed by atoms with Crippen molar-refractivity contribution in [3.05, 3.63) is 29.8 Å². The number of amides is 2. The molecule has 1 aromatic carbocycles. The van der Waals surface area contributed by atoms with E-state index in [1.807, 2.05) is 0 Å². The minimum atomic E-state index is -0.808. The predicted octanol–water partition coefficient (Wildman–Crippen LogP) is 1.13. The average molecular weight is 351 g/mol. The fourth-order valence-electron chi connectivity index (χ4n) is 1.47. The van der Waals surface area contributed by atoms with Gasteiger partial charge in [0.05, 0.1) is 17.9 Å². The molecule has 10 heteroatoms. The number of nitrogens with zero attached hydrogens (tertiary/aromatic N) is 2. The van der Waals surface area contributed by atoms with E-state index < -0.39 is 12.0 Å². The molecular formula is C14H17N5O4S. The second-order valence-corrected chi connectivity index (χ2v) is 4.88. The van der Waals surface area contributed by atoms with Gasteiger partial charge >= 0.3 is 6.09 Å². The van der Waals surface area contributed by atoms with Gasteiger partial charge in [-0.05, 0) is 18.4 Å². The summed E-state index contributed by atoms with van der Waals surface area (Å²) >= 11 is 1.22. The first-order chi connectivity index (χ1) is 11.6. The van der Waals surface area contributed by atoms with E-state index >= 15 is 0 Å². The first-order valence-electron chi connectivity index (χ1n) is 6.71. The summed E-state index contributed by atoms with van der Waals surface area (Å²) in [4.78, 5) is 27.7. The molecule has 0 aliphatic carbocycles. The summed E-state index contributed by atoms with van der Waals surface area (Å²) in [6.07, 6.45) is 2.70. The number of ether oxygens (including phenoxy) is 2. The van der Waals surface area contributed by atoms with E-state index in [0.29, 0.717) is 10.9 Å². The number of aliphatic imine (C=N–C) groups is 1. The van der Waals surface area contributed by atoms with Crippen LogP contribution in [0.3, 0.4) is 0 Å². The number of thioether (sulfide) groups is 1. The van der Waals surface area contributed by atoms with Crippen molar-refractivity contribution in [1.29, 1.82) is 5.26 Å². The molecule has 2 amide bonds. The Morgan fingerprint density at radius 3 is 2.71 bits per heavy atom. The normalized spacial score (nSPS) is 10.5. The van der Waals surface area contributed by atoms with Gasteiger partial charge in [-0.25, -0.2) is 15.2 Å². The minimum absolute atomic E-state index is 0.0655. The van der Waals surface area contributed by atoms with E-state index in [2.05, 4.69) is 21.2 Å². The predicted molar refractivity (Wildman–Crippen MR) is 89.6 cm³/mol. The molecule has 9 nitrogen and oxygen atoms in total. The van der Waals surface area contributed by atoms with Gasteiger partial charge in [0, 0.05) is 7.11 Å². The maximum atomic E-state index is 12.2. The zero-order valence-electron chi connectivity index (χ0n) is 13.2. The van der Waals surface area contributed by atoms with Crippen LogP contribution < -0.4 is 16.2 Å². The number of para-hydroxylation sites is 1. The quantitative estimate of drug-likeness (QED) is 0.181. The monoisotopic (exact) mass is 351 g/mol. The molecule has 0 aliphatic heterocycles. The molecule has 3 N–H and O–H groups in total. The van der Waals surface area contributed by atoms with Crippen molar-refractivity contribution < 1.29 is 19.1 Å². The van der Waals surface area contributed by atoms with Crippen molar-refractivity contribution in [1.82, 2.24) is 16.2 Å². The van der Waals surface area contributed by atoms with Crippen LogP contribution in [0.1, 0.15) is 10.4 Å². The number of rotatable bonds is 5. The number of hydrogen-bond donors (Lipinski definition) is 3. The van der Waals surface area contributed by atoms with Crippen LogP contribution in [0.15, 0.2) is 29.3 Å². The summed E-state index contributed by atoms with van der Waals surface area (Å²) in [5, 5.41) is 11.4. The molecule has 24 heavy (non-hydrogen) atoms. The number of carbonyl (C=O) groups is 2. The van der Waals surface area contributed by atoms with Gasteiger partial charge in [-0.15, -0.1) is 0 Å². The molecule has 0 aliphatic rings. The second-order valence-electron chi connectivity index (χ2n) is 4.08. The zero-order chi connectivity index (χ0) is 17.8. The molecule has 0 aromatic heterocycles. The number of hydrogen-bond acceptors (Lipinski definition) is 7. The Kier molecular flexibility index (Phi) is 8.73. The lowest BCUT2D eigenvalue weighted by atomic mass is 10.2. The highest BCUT2D eigenvalue weighted by molar-refractivity contribution is 8.13. The summed E-state index contributed by atoms with van der Waals surface area (Å²) in [6, 6.07) is 6.51. The maximum Gasteiger partial charge on any atom is 0.426 e. The fraction of sp³-hybridized carbons (Fsp3) is 0.286. The third-order valence-corrected chi connectivity index (χ3v) is 3.11. The Hall–Kier alpha value is -2.77. The lowest BCUT2D eigenvalue weighted by Gasteiger charge is -2.10. The van der Waals surface area contributed by atoms with Crippen molar-refractivity contribution in [2.75, 3.05) is 26.6 Å². The van der Waals surface area contributed by atoms with E-state index in [-0.39, 0.29) is 18.8 Å². The summed E-state index contributed by atoms with van der Waals surface area (Å²) in [5.41, 5.74) is 4.91. The van der Waals surface area contributed by atoms with Crippen molar-refractivity contribution in [2.45, 2.75) is 0 Å². The molecule has 0 saturated carbocycles. The standard InChI is InChI=1S/C14H17N5O4S/c1-22-7-8-23-14(21)19-18-12(20)10-5-3-4-6-11(10)17-13(24-2)16-9-15/h3-6H,7-8H2,1-2H3,(H,16,17)(H,18,20)(H,19,21). The summed E-state index contributed by atoms with van der Waals surface area (Å²) in [7, 11) is 1.48. The SMILES string of the molecule is COCCOC(=O)NNC(=O)c1ccccc1N=C(NC#N)SC. The van der Waals surface area contributed by atoms with Gasteiger partial charge in [-0.2, -0.15) is 5.26 Å². The summed E-state index contributed by atoms with van der Waals surface area (Å²) in [5.74, 6) is -0.574. The Bertz CT molecular complexity index is 644. The Morgan fingerprint density at radius 2 is 2.04 bits per heavy atom. The van der Waals surface area contributed by atoms with Crippen LogP contribution in [0, 0.1) is 11.5 Å². The largest absolute Gasteiger partial charge is 0.446 e. The van der Waals surface area contributed by atoms with Crippen molar-refractivity contribution in [3.63, 3.8) is 0 Å². The highest BCUT2D eigenvalue weighted by atomic mass is 32.2. The van der Waals surface area contributed by atoms with Crippen LogP contribution in [-0.4, -0.2) is 43.7 Å². The molecule has 0 bridgehead atoms. The lowest BCUT2D eigenvalue weighted by molar-refractivity contribution is 0.0849. The molecule has 0 unspecified atom stereocenters. The Balaban J connectivity index is 2.74. The van der Waals surface area contributed by atoms with Crippen LogP contribution in [0.4, 0.5) is 10.5 Å². The van der Waals surface area contributed by atoms with E-state index in [1.54, 1.807) is 30.6 Å². The third kappa shape index (κ3) is 6.55. The zero-order valence-corrected chi connectivity index (χ0v) is 14.0. The first kappa shape index (κ1) is 19.3. The van der Waals surface area contributed by atoms with Gasteiger partial charge in [0.1, 0.15) is 6.61 Å². The van der Waals surface area contributed by atoms with Crippen LogP contribution in [0.2, 0.25) is 0 Å². The van der Waals surface area contributed by atoms with Crippen LogP contribution >= 0.6 is 11.8 Å². The van der Waals surface area contributed by atoms with E-state index in [4.69, 9.17) is 14.7 Å². The smallest absolute Gasteiger partial charge is 0.426 e. The highest BCUT2D eigenvalue weighted by Gasteiger charge is 2.12. The van der Waals surface area contributed by atoms with Crippen molar-refractivity contribution in [2.24, 2.45) is 4.99 Å².